The molecule has 0 heterocycles. The average molecular weight is 646 g/mol. The van der Waals surface area contributed by atoms with E-state index in [0.29, 0.717) is 6.54 Å². The highest BCUT2D eigenvalue weighted by atomic mass is 16.4. The smallest absolute Gasteiger partial charge is 0.322 e. The number of carbonyl (C=O) groups is 4. The molecule has 248 valence electrons. The summed E-state index contributed by atoms with van der Waals surface area (Å²) in [7, 11) is 0. The van der Waals surface area contributed by atoms with E-state index in [4.69, 9.17) is 0 Å². The van der Waals surface area contributed by atoms with Gasteiger partial charge in [-0.1, -0.05) is 78.9 Å². The van der Waals surface area contributed by atoms with Crippen LogP contribution >= 0.6 is 0 Å². The number of hydrogen-bond donors (Lipinski definition) is 4. The maximum atomic E-state index is 14.7. The van der Waals surface area contributed by atoms with Gasteiger partial charge in [0.05, 0.1) is 11.8 Å². The largest absolute Gasteiger partial charge is 0.480 e. The second-order valence-corrected chi connectivity index (χ2v) is 15.3. The first-order chi connectivity index (χ1) is 23.3. The molecule has 6 bridgehead atoms. The number of amides is 3. The zero-order valence-corrected chi connectivity index (χ0v) is 27.1. The lowest BCUT2D eigenvalue weighted by atomic mass is 9.49. The lowest BCUT2D eigenvalue weighted by Crippen LogP contribution is -2.57. The fraction of sp³-hybridized carbons (Fsp3) is 0.450. The third kappa shape index (κ3) is 5.49. The number of fused-ring (bicyclic) bond motifs is 1. The van der Waals surface area contributed by atoms with Gasteiger partial charge < -0.3 is 21.1 Å². The molecule has 4 fully saturated rings. The summed E-state index contributed by atoms with van der Waals surface area (Å²) in [6.07, 6.45) is 7.72. The Morgan fingerprint density at radius 1 is 0.667 bits per heavy atom. The summed E-state index contributed by atoms with van der Waals surface area (Å²) in [5, 5.41) is 18.1. The van der Waals surface area contributed by atoms with E-state index in [1.54, 1.807) is 0 Å². The van der Waals surface area contributed by atoms with Gasteiger partial charge in [-0.3, -0.25) is 19.2 Å². The Morgan fingerprint density at radius 2 is 1.15 bits per heavy atom. The van der Waals surface area contributed by atoms with Gasteiger partial charge in [-0.2, -0.15) is 0 Å². The second kappa shape index (κ2) is 12.2. The van der Waals surface area contributed by atoms with Gasteiger partial charge in [-0.15, -0.1) is 0 Å². The zero-order chi connectivity index (χ0) is 33.0. The molecule has 3 aromatic carbocycles. The Morgan fingerprint density at radius 3 is 1.65 bits per heavy atom. The Balaban J connectivity index is 1.13. The molecule has 8 heteroatoms. The normalized spacial score (nSPS) is 30.9. The fourth-order valence-electron chi connectivity index (χ4n) is 10.8. The summed E-state index contributed by atoms with van der Waals surface area (Å²) in [6, 6.07) is 24.6. The summed E-state index contributed by atoms with van der Waals surface area (Å²) in [4.78, 5) is 54.1. The van der Waals surface area contributed by atoms with Crippen molar-refractivity contribution in [2.24, 2.45) is 35.0 Å². The van der Waals surface area contributed by atoms with Gasteiger partial charge in [0.15, 0.2) is 0 Å². The third-order valence-corrected chi connectivity index (χ3v) is 12.2. The molecule has 0 saturated heterocycles. The molecular formula is C40H43N3O5. The number of carboxylic acid groups (broad SMARTS) is 1. The van der Waals surface area contributed by atoms with Crippen LogP contribution in [0.25, 0.3) is 0 Å². The molecule has 0 radical (unpaired) electrons. The quantitative estimate of drug-likeness (QED) is 0.253. The predicted octanol–water partition coefficient (Wildman–Crippen LogP) is 4.77. The van der Waals surface area contributed by atoms with Gasteiger partial charge in [-0.05, 0) is 89.5 Å². The van der Waals surface area contributed by atoms with E-state index in [0.717, 1.165) is 45.6 Å². The first-order valence-electron chi connectivity index (χ1n) is 17.6. The van der Waals surface area contributed by atoms with E-state index in [1.807, 2.05) is 54.6 Å². The van der Waals surface area contributed by atoms with E-state index >= 15 is 0 Å². The Labute approximate surface area is 281 Å². The first-order valence-corrected chi connectivity index (χ1v) is 17.6. The van der Waals surface area contributed by atoms with Crippen molar-refractivity contribution < 1.29 is 24.3 Å². The van der Waals surface area contributed by atoms with Gasteiger partial charge in [0.25, 0.3) is 0 Å². The van der Waals surface area contributed by atoms with Crippen molar-refractivity contribution >= 4 is 23.7 Å². The van der Waals surface area contributed by atoms with Gasteiger partial charge in [0, 0.05) is 24.8 Å². The van der Waals surface area contributed by atoms with E-state index < -0.39 is 36.3 Å². The summed E-state index contributed by atoms with van der Waals surface area (Å²) in [5.74, 6) is -1.97. The Bertz CT molecular complexity index is 1670. The molecule has 4 saturated carbocycles. The molecule has 4 N–H and O–H groups in total. The minimum atomic E-state index is -1.17. The monoisotopic (exact) mass is 645 g/mol. The van der Waals surface area contributed by atoms with Crippen LogP contribution < -0.4 is 16.0 Å². The van der Waals surface area contributed by atoms with Gasteiger partial charge in [0.1, 0.15) is 12.6 Å². The molecule has 7 aliphatic carbocycles. The summed E-state index contributed by atoms with van der Waals surface area (Å²) in [5.41, 5.74) is 5.23. The number of nitrogens with one attached hydrogen (secondary N) is 3. The molecular weight excluding hydrogens is 602 g/mol. The van der Waals surface area contributed by atoms with Crippen LogP contribution in [0.1, 0.15) is 78.2 Å². The van der Waals surface area contributed by atoms with Crippen LogP contribution in [0.15, 0.2) is 78.9 Å². The third-order valence-electron chi connectivity index (χ3n) is 12.2. The number of aliphatic carboxylic acids is 1. The van der Waals surface area contributed by atoms with Crippen molar-refractivity contribution in [3.63, 3.8) is 0 Å². The maximum Gasteiger partial charge on any atom is 0.322 e. The van der Waals surface area contributed by atoms with Crippen LogP contribution in [-0.4, -0.2) is 47.9 Å². The topological polar surface area (TPSA) is 125 Å². The van der Waals surface area contributed by atoms with E-state index in [2.05, 4.69) is 40.2 Å². The van der Waals surface area contributed by atoms with Crippen LogP contribution in [0.3, 0.4) is 0 Å². The van der Waals surface area contributed by atoms with Crippen molar-refractivity contribution in [1.29, 1.82) is 0 Å². The molecule has 0 aliphatic heterocycles. The Kier molecular flexibility index (Phi) is 7.85. The van der Waals surface area contributed by atoms with Crippen LogP contribution in [0.2, 0.25) is 0 Å². The highest BCUT2D eigenvalue weighted by Gasteiger charge is 2.56. The standard InChI is InChI=1S/C40H43N3O5/c44-32(45)21-41-37(46)31(17-23-8-2-1-3-9-23)43-39(48)36-34-29-12-6-4-10-27(29)33(28-11-5-7-13-30(28)34)35(36)38(47)42-22-40-18-24-14-25(19-40)16-26(15-24)20-40/h1-13,24-26,31,33-36H,14-22H2,(H,41,46)(H,42,47)(H,43,48)(H,44,45)/t24?,25?,26?,31-,33?,34?,35?,36?,40?/m1/s1. The van der Waals surface area contributed by atoms with Crippen molar-refractivity contribution in [2.75, 3.05) is 13.1 Å². The molecule has 0 aromatic heterocycles. The van der Waals surface area contributed by atoms with Crippen molar-refractivity contribution in [2.45, 2.75) is 62.8 Å². The lowest BCUT2D eigenvalue weighted by molar-refractivity contribution is -0.140. The number of hydrogen-bond acceptors (Lipinski definition) is 4. The van der Waals surface area contributed by atoms with Gasteiger partial charge in [0.2, 0.25) is 17.7 Å². The van der Waals surface area contributed by atoms with Crippen molar-refractivity contribution in [1.82, 2.24) is 16.0 Å². The lowest BCUT2D eigenvalue weighted by Gasteiger charge is -2.57. The summed E-state index contributed by atoms with van der Waals surface area (Å²) in [6.45, 7) is 0.0965. The maximum absolute atomic E-state index is 14.7. The van der Waals surface area contributed by atoms with Gasteiger partial charge >= 0.3 is 5.97 Å². The summed E-state index contributed by atoms with van der Waals surface area (Å²) < 4.78 is 0. The molecule has 48 heavy (non-hydrogen) atoms. The van der Waals surface area contributed by atoms with E-state index in [1.165, 1.54) is 38.5 Å². The van der Waals surface area contributed by atoms with Crippen molar-refractivity contribution in [3.8, 4) is 0 Å². The minimum Gasteiger partial charge on any atom is -0.480 e. The van der Waals surface area contributed by atoms with E-state index in [9.17, 15) is 24.3 Å². The highest BCUT2D eigenvalue weighted by molar-refractivity contribution is 5.95. The molecule has 0 spiro atoms. The van der Waals surface area contributed by atoms with E-state index in [-0.39, 0.29) is 35.5 Å². The van der Waals surface area contributed by atoms with Crippen molar-refractivity contribution in [3.05, 3.63) is 107 Å². The average Bonchev–Trinajstić information content (AvgIpc) is 3.08. The van der Waals surface area contributed by atoms with Crippen LogP contribution in [0, 0.1) is 35.0 Å². The Hall–Kier alpha value is -4.46. The molecule has 3 atom stereocenters. The predicted molar refractivity (Wildman–Crippen MR) is 180 cm³/mol. The summed E-state index contributed by atoms with van der Waals surface area (Å²) >= 11 is 0. The van der Waals surface area contributed by atoms with Crippen LogP contribution in [0.4, 0.5) is 0 Å². The molecule has 2 unspecified atom stereocenters. The van der Waals surface area contributed by atoms with Crippen LogP contribution in [0.5, 0.6) is 0 Å². The second-order valence-electron chi connectivity index (χ2n) is 15.3. The number of rotatable bonds is 10. The minimum absolute atomic E-state index is 0.0974. The number of carboxylic acids is 1. The molecule has 3 amide bonds. The first kappa shape index (κ1) is 30.8. The fourth-order valence-corrected chi connectivity index (χ4v) is 10.8. The molecule has 7 aliphatic rings. The number of benzene rings is 3. The van der Waals surface area contributed by atoms with Crippen LogP contribution in [-0.2, 0) is 25.6 Å². The SMILES string of the molecule is O=C(O)CNC(=O)[C@@H](Cc1ccccc1)NC(=O)C1C2c3ccccc3C(c3ccccc32)C1C(=O)NCC12CC3CC(CC(C3)C1)C2. The molecule has 8 nitrogen and oxygen atoms in total. The highest BCUT2D eigenvalue weighted by Crippen LogP contribution is 2.61. The zero-order valence-electron chi connectivity index (χ0n) is 27.1. The van der Waals surface area contributed by atoms with Gasteiger partial charge in [-0.25, -0.2) is 0 Å². The molecule has 3 aromatic rings. The number of carbonyl (C=O) groups excluding carboxylic acids is 3. The molecule has 10 rings (SSSR count).